The summed E-state index contributed by atoms with van der Waals surface area (Å²) in [6, 6.07) is -0.679. The van der Waals surface area contributed by atoms with E-state index in [1.54, 1.807) is 0 Å². The highest BCUT2D eigenvalue weighted by Crippen LogP contribution is 2.26. The van der Waals surface area contributed by atoms with Gasteiger partial charge >= 0.3 is 0 Å². The Morgan fingerprint density at radius 1 is 0.714 bits per heavy atom. The Morgan fingerprint density at radius 3 is 1.40 bits per heavy atom. The maximum atomic E-state index is 12.5. The molecule has 0 aliphatic heterocycles. The molecule has 0 heterocycles. The Labute approximate surface area is 260 Å². The van der Waals surface area contributed by atoms with Gasteiger partial charge in [-0.2, -0.15) is 0 Å². The standard InChI is InChI=1S/C14H26N2O2.C13H23FN2O2.3C2H6.2H2/c1-2-9-15-10-14(18)16-13(11-17)12-7-5-3-4-6-8-12;1-10(14)7-15-8-13(18)16-12(9-17)11-5-3-2-4-6-11;3*1-2;;/h11-13,15H,2-10H2,1H3,(H,16,18);9-12,15H,2-8H2,1H3,(H,16,18);3*1-2H3;2*1H/t13-;10-,12-;;;;;/m11...../s1. The lowest BCUT2D eigenvalue weighted by Crippen LogP contribution is -2.46. The molecule has 42 heavy (non-hydrogen) atoms. The van der Waals surface area contributed by atoms with Crippen LogP contribution in [0.3, 0.4) is 0 Å². The van der Waals surface area contributed by atoms with Crippen LogP contribution in [-0.4, -0.2) is 68.8 Å². The molecule has 0 spiro atoms. The summed E-state index contributed by atoms with van der Waals surface area (Å²) in [5, 5.41) is 11.3. The molecule has 2 aliphatic carbocycles. The quantitative estimate of drug-likeness (QED) is 0.103. The van der Waals surface area contributed by atoms with Crippen LogP contribution in [0, 0.1) is 11.8 Å². The van der Waals surface area contributed by atoms with Gasteiger partial charge in [-0.05, 0) is 57.4 Å². The SMILES string of the molecule is CC.CC.CC.CCCNCC(=O)N[C@H](C=O)C1CCCCCC1.C[C@@H](F)CNCC(=O)N[C@H](C=O)C1CCCCC1.[HH].[HH]. The Bertz CT molecular complexity index is 635. The lowest BCUT2D eigenvalue weighted by atomic mass is 9.84. The molecule has 0 unspecified atom stereocenters. The van der Waals surface area contributed by atoms with Crippen molar-refractivity contribution in [3.63, 3.8) is 0 Å². The van der Waals surface area contributed by atoms with E-state index in [2.05, 4.69) is 28.2 Å². The van der Waals surface area contributed by atoms with Crippen LogP contribution in [0.25, 0.3) is 0 Å². The third-order valence-corrected chi connectivity index (χ3v) is 6.94. The first-order chi connectivity index (χ1) is 20.4. The van der Waals surface area contributed by atoms with Crippen molar-refractivity contribution in [2.75, 3.05) is 26.2 Å². The van der Waals surface area contributed by atoms with E-state index in [4.69, 9.17) is 0 Å². The second-order valence-electron chi connectivity index (χ2n) is 10.2. The molecule has 2 rings (SSSR count). The largest absolute Gasteiger partial charge is 0.345 e. The van der Waals surface area contributed by atoms with Crippen LogP contribution in [0.4, 0.5) is 4.39 Å². The topological polar surface area (TPSA) is 116 Å². The number of amides is 2. The molecule has 3 atom stereocenters. The number of halogens is 1. The molecular weight excluding hydrogens is 535 g/mol. The number of nitrogens with one attached hydrogen (secondary N) is 4. The van der Waals surface area contributed by atoms with Gasteiger partial charge in [-0.1, -0.05) is 93.4 Å². The number of hydrogen-bond donors (Lipinski definition) is 4. The average Bonchev–Trinajstić information content (AvgIpc) is 3.32. The van der Waals surface area contributed by atoms with Crippen molar-refractivity contribution < 1.29 is 26.4 Å². The molecule has 2 saturated carbocycles. The zero-order valence-corrected chi connectivity index (χ0v) is 28.4. The molecule has 0 aromatic rings. The van der Waals surface area contributed by atoms with Gasteiger partial charge in [0.2, 0.25) is 11.8 Å². The Kier molecular flexibility index (Phi) is 35.7. The van der Waals surface area contributed by atoms with E-state index >= 15 is 0 Å². The van der Waals surface area contributed by atoms with Crippen molar-refractivity contribution in [2.24, 2.45) is 11.8 Å². The number of alkyl halides is 1. The molecule has 2 aliphatic rings. The Morgan fingerprint density at radius 2 is 1.07 bits per heavy atom. The molecule has 0 saturated heterocycles. The van der Waals surface area contributed by atoms with Gasteiger partial charge in [-0.25, -0.2) is 4.39 Å². The van der Waals surface area contributed by atoms with E-state index in [0.29, 0.717) is 12.5 Å². The molecule has 2 fully saturated rings. The first-order valence-corrected chi connectivity index (χ1v) is 17.0. The molecule has 4 N–H and O–H groups in total. The minimum atomic E-state index is -0.974. The van der Waals surface area contributed by atoms with Gasteiger partial charge in [0.25, 0.3) is 0 Å². The molecule has 0 radical (unpaired) electrons. The third-order valence-electron chi connectivity index (χ3n) is 6.94. The van der Waals surface area contributed by atoms with Gasteiger partial charge in [0.15, 0.2) is 0 Å². The van der Waals surface area contributed by atoms with Gasteiger partial charge in [-0.3, -0.25) is 9.59 Å². The molecule has 0 aromatic heterocycles. The van der Waals surface area contributed by atoms with Crippen LogP contribution in [0.15, 0.2) is 0 Å². The minimum absolute atomic E-state index is 0. The summed E-state index contributed by atoms with van der Waals surface area (Å²) in [6.45, 7) is 16.9. The van der Waals surface area contributed by atoms with Gasteiger partial charge in [-0.15, -0.1) is 0 Å². The molecule has 9 heteroatoms. The zero-order valence-electron chi connectivity index (χ0n) is 28.4. The van der Waals surface area contributed by atoms with E-state index in [-0.39, 0.29) is 45.8 Å². The highest BCUT2D eigenvalue weighted by molar-refractivity contribution is 5.82. The van der Waals surface area contributed by atoms with Crippen LogP contribution in [-0.2, 0) is 19.2 Å². The number of carbonyl (C=O) groups excluding carboxylic acids is 4. The first kappa shape index (κ1) is 44.6. The van der Waals surface area contributed by atoms with Crippen molar-refractivity contribution in [1.82, 2.24) is 21.3 Å². The van der Waals surface area contributed by atoms with Gasteiger partial charge in [0, 0.05) is 9.40 Å². The van der Waals surface area contributed by atoms with E-state index in [1.807, 2.05) is 41.5 Å². The summed E-state index contributed by atoms with van der Waals surface area (Å²) >= 11 is 0. The summed E-state index contributed by atoms with van der Waals surface area (Å²) in [5.41, 5.74) is 0. The maximum absolute atomic E-state index is 12.5. The van der Waals surface area contributed by atoms with Crippen molar-refractivity contribution >= 4 is 24.4 Å². The Balaban J connectivity index is -0.000000189. The maximum Gasteiger partial charge on any atom is 0.234 e. The summed E-state index contributed by atoms with van der Waals surface area (Å²) in [7, 11) is 0. The molecule has 0 bridgehead atoms. The highest BCUT2D eigenvalue weighted by atomic mass is 19.1. The van der Waals surface area contributed by atoms with E-state index in [1.165, 1.54) is 39.0 Å². The second kappa shape index (κ2) is 33.6. The predicted molar refractivity (Wildman–Crippen MR) is 179 cm³/mol. The van der Waals surface area contributed by atoms with E-state index in [9.17, 15) is 23.6 Å². The number of rotatable bonds is 14. The van der Waals surface area contributed by atoms with Crippen LogP contribution >= 0.6 is 0 Å². The van der Waals surface area contributed by atoms with Crippen LogP contribution < -0.4 is 21.3 Å². The van der Waals surface area contributed by atoms with Crippen molar-refractivity contribution in [2.45, 2.75) is 151 Å². The molecule has 0 aromatic carbocycles. The highest BCUT2D eigenvalue weighted by Gasteiger charge is 2.25. The number of carbonyl (C=O) groups is 4. The van der Waals surface area contributed by atoms with Crippen molar-refractivity contribution in [3.8, 4) is 0 Å². The molecular formula is C33H71FN4O4. The lowest BCUT2D eigenvalue weighted by Gasteiger charge is -2.27. The number of hydrogen-bond acceptors (Lipinski definition) is 6. The molecule has 2 amide bonds. The normalized spacial score (nSPS) is 17.2. The fourth-order valence-electron chi connectivity index (χ4n) is 4.93. The summed E-state index contributed by atoms with van der Waals surface area (Å²) < 4.78 is 12.5. The van der Waals surface area contributed by atoms with Gasteiger partial charge < -0.3 is 30.9 Å². The second-order valence-corrected chi connectivity index (χ2v) is 10.2. The summed E-state index contributed by atoms with van der Waals surface area (Å²) in [4.78, 5) is 45.4. The lowest BCUT2D eigenvalue weighted by molar-refractivity contribution is -0.124. The number of aldehydes is 2. The van der Waals surface area contributed by atoms with Crippen LogP contribution in [0.2, 0.25) is 0 Å². The van der Waals surface area contributed by atoms with Gasteiger partial charge in [0.05, 0.1) is 25.2 Å². The monoisotopic (exact) mass is 607 g/mol. The zero-order chi connectivity index (χ0) is 32.6. The van der Waals surface area contributed by atoms with Gasteiger partial charge in [0.1, 0.15) is 18.7 Å². The predicted octanol–water partition coefficient (Wildman–Crippen LogP) is 6.41. The van der Waals surface area contributed by atoms with Crippen molar-refractivity contribution in [3.05, 3.63) is 0 Å². The fraction of sp³-hybridized carbons (Fsp3) is 0.879. The van der Waals surface area contributed by atoms with Crippen molar-refractivity contribution in [1.29, 1.82) is 0 Å². The summed E-state index contributed by atoms with van der Waals surface area (Å²) in [5.74, 6) is 0.295. The Hall–Kier alpha value is -1.87. The fourth-order valence-corrected chi connectivity index (χ4v) is 4.93. The van der Waals surface area contributed by atoms with Crippen LogP contribution in [0.1, 0.15) is 135 Å². The van der Waals surface area contributed by atoms with E-state index < -0.39 is 6.17 Å². The molecule has 254 valence electrons. The third kappa shape index (κ3) is 24.7. The smallest absolute Gasteiger partial charge is 0.234 e. The minimum Gasteiger partial charge on any atom is -0.345 e. The molecule has 8 nitrogen and oxygen atoms in total. The van der Waals surface area contributed by atoms with Crippen LogP contribution in [0.5, 0.6) is 0 Å². The first-order valence-electron chi connectivity index (χ1n) is 17.0. The average molecular weight is 607 g/mol. The van der Waals surface area contributed by atoms with E-state index in [0.717, 1.165) is 64.1 Å². The summed E-state index contributed by atoms with van der Waals surface area (Å²) in [6.07, 6.45) is 14.2.